The SMILES string of the molecule is Cc1c([N+](=O)[O-])cnn1[C@@H]1CCN(C(C)c2ccccc2)C(C(F)F)C1. The molecule has 1 aromatic heterocycles. The highest BCUT2D eigenvalue weighted by Gasteiger charge is 2.39. The second-order valence-electron chi connectivity index (χ2n) is 6.72. The van der Waals surface area contributed by atoms with Gasteiger partial charge in [0.1, 0.15) is 11.9 Å². The Bertz CT molecular complexity index is 766. The number of hydrogen-bond acceptors (Lipinski definition) is 4. The van der Waals surface area contributed by atoms with Gasteiger partial charge >= 0.3 is 5.69 Å². The maximum Gasteiger partial charge on any atom is 0.309 e. The van der Waals surface area contributed by atoms with Crippen molar-refractivity contribution in [3.05, 3.63) is 57.9 Å². The van der Waals surface area contributed by atoms with Crippen LogP contribution in [0.2, 0.25) is 0 Å². The highest BCUT2D eigenvalue weighted by Crippen LogP contribution is 2.36. The van der Waals surface area contributed by atoms with Crippen LogP contribution in [0.3, 0.4) is 0 Å². The molecule has 6 nitrogen and oxygen atoms in total. The molecular formula is C18H22F2N4O2. The molecule has 1 aromatic carbocycles. The van der Waals surface area contributed by atoms with Crippen molar-refractivity contribution in [1.29, 1.82) is 0 Å². The van der Waals surface area contributed by atoms with Crippen molar-refractivity contribution < 1.29 is 13.7 Å². The standard InChI is InChI=1S/C18H22F2N4O2/c1-12(14-6-4-3-5-7-14)22-9-8-15(10-16(22)18(19)20)23-13(2)17(11-21-23)24(25)26/h3-7,11-12,15-16,18H,8-10H2,1-2H3/t12?,15-,16?/m1/s1. The highest BCUT2D eigenvalue weighted by molar-refractivity contribution is 5.32. The van der Waals surface area contributed by atoms with Gasteiger partial charge in [0.25, 0.3) is 6.43 Å². The van der Waals surface area contributed by atoms with Crippen LogP contribution >= 0.6 is 0 Å². The first-order valence-electron chi connectivity index (χ1n) is 8.67. The zero-order valence-electron chi connectivity index (χ0n) is 14.8. The van der Waals surface area contributed by atoms with Crippen molar-refractivity contribution in [2.45, 2.75) is 51.2 Å². The van der Waals surface area contributed by atoms with E-state index in [1.54, 1.807) is 6.92 Å². The Kier molecular flexibility index (Phi) is 5.31. The molecule has 1 fully saturated rings. The number of alkyl halides is 2. The number of hydrogen-bond donors (Lipinski definition) is 0. The van der Waals surface area contributed by atoms with Crippen LogP contribution in [0.15, 0.2) is 36.5 Å². The van der Waals surface area contributed by atoms with Gasteiger partial charge in [0.15, 0.2) is 0 Å². The lowest BCUT2D eigenvalue weighted by molar-refractivity contribution is -0.385. The lowest BCUT2D eigenvalue weighted by atomic mass is 9.93. The number of nitrogens with zero attached hydrogens (tertiary/aromatic N) is 4. The molecule has 1 saturated heterocycles. The van der Waals surface area contributed by atoms with E-state index in [4.69, 9.17) is 0 Å². The number of aromatic nitrogens is 2. The van der Waals surface area contributed by atoms with Gasteiger partial charge in [0.05, 0.1) is 17.0 Å². The molecule has 1 aliphatic heterocycles. The molecule has 0 amide bonds. The normalized spacial score (nSPS) is 22.5. The van der Waals surface area contributed by atoms with Crippen LogP contribution in [0, 0.1) is 17.0 Å². The van der Waals surface area contributed by atoms with Gasteiger partial charge in [0, 0.05) is 12.6 Å². The second kappa shape index (κ2) is 7.49. The molecule has 2 unspecified atom stereocenters. The molecule has 3 atom stereocenters. The molecule has 2 aromatic rings. The Morgan fingerprint density at radius 1 is 1.31 bits per heavy atom. The van der Waals surface area contributed by atoms with E-state index in [-0.39, 0.29) is 24.2 Å². The molecular weight excluding hydrogens is 342 g/mol. The fraction of sp³-hybridized carbons (Fsp3) is 0.500. The van der Waals surface area contributed by atoms with Crippen molar-refractivity contribution in [1.82, 2.24) is 14.7 Å². The Balaban J connectivity index is 1.81. The van der Waals surface area contributed by atoms with Crippen molar-refractivity contribution in [3.8, 4) is 0 Å². The summed E-state index contributed by atoms with van der Waals surface area (Å²) in [5, 5.41) is 15.1. The molecule has 0 aliphatic carbocycles. The summed E-state index contributed by atoms with van der Waals surface area (Å²) in [6.45, 7) is 4.04. The van der Waals surface area contributed by atoms with Gasteiger partial charge in [0.2, 0.25) is 0 Å². The molecule has 1 aliphatic rings. The monoisotopic (exact) mass is 364 g/mol. The fourth-order valence-electron chi connectivity index (χ4n) is 3.83. The van der Waals surface area contributed by atoms with Gasteiger partial charge < -0.3 is 0 Å². The quantitative estimate of drug-likeness (QED) is 0.591. The van der Waals surface area contributed by atoms with E-state index in [0.717, 1.165) is 5.56 Å². The van der Waals surface area contributed by atoms with Crippen LogP contribution in [0.5, 0.6) is 0 Å². The van der Waals surface area contributed by atoms with Crippen LogP contribution in [0.25, 0.3) is 0 Å². The van der Waals surface area contributed by atoms with E-state index in [1.807, 2.05) is 42.2 Å². The van der Waals surface area contributed by atoms with Gasteiger partial charge in [-0.15, -0.1) is 0 Å². The van der Waals surface area contributed by atoms with Crippen LogP contribution in [-0.2, 0) is 0 Å². The topological polar surface area (TPSA) is 64.2 Å². The first-order chi connectivity index (χ1) is 12.4. The summed E-state index contributed by atoms with van der Waals surface area (Å²) in [4.78, 5) is 12.4. The molecule has 0 bridgehead atoms. The Morgan fingerprint density at radius 2 is 2.00 bits per heavy atom. The molecule has 2 heterocycles. The predicted molar refractivity (Wildman–Crippen MR) is 93.2 cm³/mol. The largest absolute Gasteiger partial charge is 0.309 e. The van der Waals surface area contributed by atoms with E-state index in [9.17, 15) is 18.9 Å². The van der Waals surface area contributed by atoms with Crippen LogP contribution < -0.4 is 0 Å². The first-order valence-corrected chi connectivity index (χ1v) is 8.67. The summed E-state index contributed by atoms with van der Waals surface area (Å²) in [6.07, 6.45) is -0.449. The van der Waals surface area contributed by atoms with E-state index in [2.05, 4.69) is 5.10 Å². The number of rotatable bonds is 5. The average molecular weight is 364 g/mol. The third-order valence-electron chi connectivity index (χ3n) is 5.29. The molecule has 0 N–H and O–H groups in total. The second-order valence-corrected chi connectivity index (χ2v) is 6.72. The highest BCUT2D eigenvalue weighted by atomic mass is 19.3. The molecule has 140 valence electrons. The van der Waals surface area contributed by atoms with Gasteiger partial charge in [-0.25, -0.2) is 8.78 Å². The first kappa shape index (κ1) is 18.4. The molecule has 0 saturated carbocycles. The van der Waals surface area contributed by atoms with Crippen molar-refractivity contribution in [2.75, 3.05) is 6.54 Å². The van der Waals surface area contributed by atoms with E-state index in [0.29, 0.717) is 18.7 Å². The number of likely N-dealkylation sites (tertiary alicyclic amines) is 1. The smallest absolute Gasteiger partial charge is 0.288 e. The number of nitro groups is 1. The number of halogens is 2. The van der Waals surface area contributed by atoms with Crippen LogP contribution in [0.4, 0.5) is 14.5 Å². The maximum absolute atomic E-state index is 13.8. The molecule has 0 radical (unpaired) electrons. The van der Waals surface area contributed by atoms with Gasteiger partial charge in [-0.1, -0.05) is 30.3 Å². The van der Waals surface area contributed by atoms with E-state index >= 15 is 0 Å². The lowest BCUT2D eigenvalue weighted by Gasteiger charge is -2.42. The van der Waals surface area contributed by atoms with E-state index in [1.165, 1.54) is 10.9 Å². The summed E-state index contributed by atoms with van der Waals surface area (Å²) in [5.74, 6) is 0. The maximum atomic E-state index is 13.8. The Morgan fingerprint density at radius 3 is 2.58 bits per heavy atom. The van der Waals surface area contributed by atoms with Crippen molar-refractivity contribution in [2.24, 2.45) is 0 Å². The average Bonchev–Trinajstić information content (AvgIpc) is 3.03. The third-order valence-corrected chi connectivity index (χ3v) is 5.29. The van der Waals surface area contributed by atoms with Gasteiger partial charge in [-0.05, 0) is 32.3 Å². The zero-order chi connectivity index (χ0) is 18.8. The van der Waals surface area contributed by atoms with E-state index < -0.39 is 17.4 Å². The summed E-state index contributed by atoms with van der Waals surface area (Å²) < 4.78 is 29.1. The lowest BCUT2D eigenvalue weighted by Crippen LogP contribution is -2.48. The third kappa shape index (κ3) is 3.46. The summed E-state index contributed by atoms with van der Waals surface area (Å²) >= 11 is 0. The minimum atomic E-state index is -2.49. The molecule has 3 rings (SSSR count). The summed E-state index contributed by atoms with van der Waals surface area (Å²) in [7, 11) is 0. The molecule has 0 spiro atoms. The van der Waals surface area contributed by atoms with Crippen molar-refractivity contribution >= 4 is 5.69 Å². The Hall–Kier alpha value is -2.35. The number of benzene rings is 1. The number of piperidine rings is 1. The molecule has 8 heteroatoms. The summed E-state index contributed by atoms with van der Waals surface area (Å²) in [6, 6.07) is 8.31. The Labute approximate surface area is 150 Å². The summed E-state index contributed by atoms with van der Waals surface area (Å²) in [5.41, 5.74) is 1.35. The van der Waals surface area contributed by atoms with Gasteiger partial charge in [-0.2, -0.15) is 5.10 Å². The van der Waals surface area contributed by atoms with Crippen LogP contribution in [-0.4, -0.2) is 38.6 Å². The molecule has 26 heavy (non-hydrogen) atoms. The fourth-order valence-corrected chi connectivity index (χ4v) is 3.83. The minimum Gasteiger partial charge on any atom is -0.288 e. The zero-order valence-corrected chi connectivity index (χ0v) is 14.8. The van der Waals surface area contributed by atoms with Crippen LogP contribution in [0.1, 0.15) is 43.1 Å². The van der Waals surface area contributed by atoms with Crippen molar-refractivity contribution in [3.63, 3.8) is 0 Å². The van der Waals surface area contributed by atoms with Gasteiger partial charge in [-0.3, -0.25) is 19.7 Å². The minimum absolute atomic E-state index is 0.0707. The predicted octanol–water partition coefficient (Wildman–Crippen LogP) is 4.13.